The van der Waals surface area contributed by atoms with Crippen LogP contribution in [0.25, 0.3) is 0 Å². The molecule has 5 nitrogen and oxygen atoms in total. The van der Waals surface area contributed by atoms with Crippen LogP contribution in [-0.4, -0.2) is 21.6 Å². The molecule has 1 aromatic heterocycles. The lowest BCUT2D eigenvalue weighted by molar-refractivity contribution is -0.384. The topological polar surface area (TPSA) is 68.1 Å². The van der Waals surface area contributed by atoms with E-state index >= 15 is 0 Å². The minimum absolute atomic E-state index is 0.0734. The van der Waals surface area contributed by atoms with Crippen molar-refractivity contribution >= 4 is 11.4 Å². The van der Waals surface area contributed by atoms with Gasteiger partial charge in [-0.3, -0.25) is 15.1 Å². The number of anilines is 1. The third-order valence-electron chi connectivity index (χ3n) is 2.66. The third-order valence-corrected chi connectivity index (χ3v) is 2.66. The number of hydrogen-bond donors (Lipinski definition) is 1. The van der Waals surface area contributed by atoms with Crippen LogP contribution >= 0.6 is 0 Å². The minimum Gasteiger partial charge on any atom is -0.366 e. The van der Waals surface area contributed by atoms with Crippen LogP contribution in [-0.2, 0) is 0 Å². The molecule has 0 aromatic carbocycles. The largest absolute Gasteiger partial charge is 0.411 e. The lowest BCUT2D eigenvalue weighted by Gasteiger charge is -2.21. The monoisotopic (exact) mass is 247 g/mol. The Labute approximate surface area is 93.8 Å². The Morgan fingerprint density at radius 2 is 2.12 bits per heavy atom. The predicted molar refractivity (Wildman–Crippen MR) is 52.5 cm³/mol. The first-order chi connectivity index (χ1) is 7.86. The van der Waals surface area contributed by atoms with E-state index in [0.717, 1.165) is 6.20 Å². The maximum atomic E-state index is 12.7. The van der Waals surface area contributed by atoms with E-state index < -0.39 is 22.3 Å². The van der Waals surface area contributed by atoms with Crippen LogP contribution in [0.5, 0.6) is 0 Å². The van der Waals surface area contributed by atoms with Gasteiger partial charge in [0.05, 0.1) is 4.92 Å². The second-order valence-corrected chi connectivity index (χ2v) is 3.85. The zero-order valence-corrected chi connectivity index (χ0v) is 8.49. The summed E-state index contributed by atoms with van der Waals surface area (Å²) in [5, 5.41) is 12.8. The van der Waals surface area contributed by atoms with Gasteiger partial charge in [-0.05, 0) is 18.9 Å². The highest BCUT2D eigenvalue weighted by Crippen LogP contribution is 2.51. The lowest BCUT2D eigenvalue weighted by Crippen LogP contribution is -2.38. The Hall–Kier alpha value is -1.86. The molecular formula is C9H8F3N3O2. The molecule has 0 atom stereocenters. The van der Waals surface area contributed by atoms with E-state index in [0.29, 0.717) is 0 Å². The number of rotatable bonds is 3. The van der Waals surface area contributed by atoms with Crippen LogP contribution < -0.4 is 5.32 Å². The van der Waals surface area contributed by atoms with Gasteiger partial charge in [0.15, 0.2) is 0 Å². The van der Waals surface area contributed by atoms with Crippen molar-refractivity contribution in [2.45, 2.75) is 24.6 Å². The second kappa shape index (κ2) is 3.57. The van der Waals surface area contributed by atoms with Crippen LogP contribution in [0.1, 0.15) is 12.8 Å². The average Bonchev–Trinajstić information content (AvgIpc) is 2.98. The van der Waals surface area contributed by atoms with Gasteiger partial charge in [0.1, 0.15) is 17.4 Å². The van der Waals surface area contributed by atoms with Gasteiger partial charge in [0, 0.05) is 6.20 Å². The standard InChI is InChI=1S/C9H8F3N3O2/c10-9(11,12)8(2-3-8)14-6-1-4-13-5-7(6)15(16)17/h1,4-5H,2-3H2,(H,13,14). The highest BCUT2D eigenvalue weighted by molar-refractivity contribution is 5.62. The third kappa shape index (κ3) is 2.02. The normalized spacial score (nSPS) is 17.6. The molecule has 1 aliphatic rings. The first kappa shape index (κ1) is 11.6. The van der Waals surface area contributed by atoms with Crippen molar-refractivity contribution in [1.29, 1.82) is 0 Å². The Morgan fingerprint density at radius 1 is 1.47 bits per heavy atom. The Balaban J connectivity index is 2.29. The van der Waals surface area contributed by atoms with Crippen molar-refractivity contribution in [3.8, 4) is 0 Å². The first-order valence-electron chi connectivity index (χ1n) is 4.79. The van der Waals surface area contributed by atoms with E-state index in [1.54, 1.807) is 0 Å². The van der Waals surface area contributed by atoms with E-state index in [-0.39, 0.29) is 18.5 Å². The Kier molecular flexibility index (Phi) is 2.44. The van der Waals surface area contributed by atoms with Gasteiger partial charge < -0.3 is 5.32 Å². The number of halogens is 3. The van der Waals surface area contributed by atoms with E-state index in [1.165, 1.54) is 12.3 Å². The van der Waals surface area contributed by atoms with Crippen molar-refractivity contribution in [1.82, 2.24) is 4.98 Å². The highest BCUT2D eigenvalue weighted by atomic mass is 19.4. The second-order valence-electron chi connectivity index (χ2n) is 3.85. The summed E-state index contributed by atoms with van der Waals surface area (Å²) in [5.41, 5.74) is -2.62. The summed E-state index contributed by atoms with van der Waals surface area (Å²) in [6, 6.07) is 1.17. The van der Waals surface area contributed by atoms with Crippen molar-refractivity contribution in [2.75, 3.05) is 5.32 Å². The van der Waals surface area contributed by atoms with Gasteiger partial charge in [-0.1, -0.05) is 0 Å². The molecule has 0 saturated heterocycles. The van der Waals surface area contributed by atoms with Crippen LogP contribution in [0.3, 0.4) is 0 Å². The molecule has 0 unspecified atom stereocenters. The minimum atomic E-state index is -4.41. The zero-order valence-electron chi connectivity index (χ0n) is 8.49. The summed E-state index contributed by atoms with van der Waals surface area (Å²) in [7, 11) is 0. The number of nitrogens with one attached hydrogen (secondary N) is 1. The maximum absolute atomic E-state index is 12.7. The van der Waals surface area contributed by atoms with Gasteiger partial charge in [0.2, 0.25) is 0 Å². The Bertz CT molecular complexity index is 457. The molecular weight excluding hydrogens is 239 g/mol. The molecule has 1 heterocycles. The lowest BCUT2D eigenvalue weighted by atomic mass is 10.2. The molecule has 1 saturated carbocycles. The maximum Gasteiger partial charge on any atom is 0.411 e. The molecule has 1 aromatic rings. The van der Waals surface area contributed by atoms with Gasteiger partial charge in [-0.25, -0.2) is 0 Å². The van der Waals surface area contributed by atoms with E-state index in [9.17, 15) is 23.3 Å². The van der Waals surface area contributed by atoms with Gasteiger partial charge >= 0.3 is 11.9 Å². The van der Waals surface area contributed by atoms with Crippen LogP contribution in [0, 0.1) is 10.1 Å². The van der Waals surface area contributed by atoms with Crippen molar-refractivity contribution in [3.63, 3.8) is 0 Å². The average molecular weight is 247 g/mol. The molecule has 0 aliphatic heterocycles. The summed E-state index contributed by atoms with van der Waals surface area (Å²) < 4.78 is 38.0. The van der Waals surface area contributed by atoms with E-state index in [4.69, 9.17) is 0 Å². The molecule has 0 radical (unpaired) electrons. The quantitative estimate of drug-likeness (QED) is 0.658. The van der Waals surface area contributed by atoms with Crippen LogP contribution in [0.2, 0.25) is 0 Å². The molecule has 2 rings (SSSR count). The predicted octanol–water partition coefficient (Wildman–Crippen LogP) is 2.50. The molecule has 92 valence electrons. The van der Waals surface area contributed by atoms with E-state index in [2.05, 4.69) is 10.3 Å². The number of aromatic nitrogens is 1. The van der Waals surface area contributed by atoms with Crippen molar-refractivity contribution in [3.05, 3.63) is 28.6 Å². The summed E-state index contributed by atoms with van der Waals surface area (Å²) in [4.78, 5) is 13.4. The van der Waals surface area contributed by atoms with E-state index in [1.807, 2.05) is 0 Å². The molecule has 1 aliphatic carbocycles. The number of hydrogen-bond acceptors (Lipinski definition) is 4. The summed E-state index contributed by atoms with van der Waals surface area (Å²) in [6.45, 7) is 0. The zero-order chi connectivity index (χ0) is 12.7. The molecule has 0 bridgehead atoms. The number of nitrogens with zero attached hydrogens (tertiary/aromatic N) is 2. The van der Waals surface area contributed by atoms with Crippen LogP contribution in [0.4, 0.5) is 24.5 Å². The first-order valence-corrected chi connectivity index (χ1v) is 4.79. The molecule has 0 amide bonds. The highest BCUT2D eigenvalue weighted by Gasteiger charge is 2.63. The summed E-state index contributed by atoms with van der Waals surface area (Å²) >= 11 is 0. The smallest absolute Gasteiger partial charge is 0.366 e. The molecule has 8 heteroatoms. The number of pyridine rings is 1. The van der Waals surface area contributed by atoms with Gasteiger partial charge in [0.25, 0.3) is 0 Å². The van der Waals surface area contributed by atoms with Gasteiger partial charge in [-0.2, -0.15) is 13.2 Å². The fourth-order valence-corrected chi connectivity index (χ4v) is 1.50. The van der Waals surface area contributed by atoms with Gasteiger partial charge in [-0.15, -0.1) is 0 Å². The molecule has 1 N–H and O–H groups in total. The molecule has 1 fully saturated rings. The fraction of sp³-hybridized carbons (Fsp3) is 0.444. The van der Waals surface area contributed by atoms with Crippen molar-refractivity contribution in [2.24, 2.45) is 0 Å². The number of alkyl halides is 3. The van der Waals surface area contributed by atoms with Crippen molar-refractivity contribution < 1.29 is 18.1 Å². The number of nitro groups is 1. The summed E-state index contributed by atoms with van der Waals surface area (Å²) in [6.07, 6.45) is -2.42. The summed E-state index contributed by atoms with van der Waals surface area (Å²) in [5.74, 6) is 0. The molecule has 17 heavy (non-hydrogen) atoms. The SMILES string of the molecule is O=[N+]([O-])c1cnccc1NC1(C(F)(F)F)CC1. The van der Waals surface area contributed by atoms with Crippen LogP contribution in [0.15, 0.2) is 18.5 Å². The Morgan fingerprint density at radius 3 is 2.59 bits per heavy atom. The fourth-order valence-electron chi connectivity index (χ4n) is 1.50. The molecule has 0 spiro atoms.